The minimum atomic E-state index is 0. The molecule has 1 rings (SSSR count). The van der Waals surface area contributed by atoms with Crippen LogP contribution in [0.5, 0.6) is 0 Å². The monoisotopic (exact) mass is 256 g/mol. The molecule has 96 valence electrons. The second-order valence-electron chi connectivity index (χ2n) is 4.21. The van der Waals surface area contributed by atoms with Crippen LogP contribution in [0.25, 0.3) is 0 Å². The Kier molecular flexibility index (Phi) is 6.85. The van der Waals surface area contributed by atoms with Crippen molar-refractivity contribution in [3.63, 3.8) is 0 Å². The summed E-state index contributed by atoms with van der Waals surface area (Å²) in [5.74, 6) is 0.115. The fourth-order valence-electron chi connectivity index (χ4n) is 1.32. The third-order valence-electron chi connectivity index (χ3n) is 2.76. The lowest BCUT2D eigenvalue weighted by Gasteiger charge is -2.11. The van der Waals surface area contributed by atoms with Crippen LogP contribution in [0.3, 0.4) is 0 Å². The topological polar surface area (TPSA) is 55.1 Å². The number of carbonyl (C=O) groups excluding carboxylic acids is 1. The van der Waals surface area contributed by atoms with E-state index in [1.165, 1.54) is 0 Å². The number of carbonyl (C=O) groups is 1. The number of rotatable bonds is 4. The van der Waals surface area contributed by atoms with Crippen LogP contribution in [0.2, 0.25) is 0 Å². The van der Waals surface area contributed by atoms with Crippen molar-refractivity contribution in [1.82, 2.24) is 0 Å². The van der Waals surface area contributed by atoms with E-state index in [0.717, 1.165) is 17.7 Å². The van der Waals surface area contributed by atoms with Crippen LogP contribution in [0.15, 0.2) is 24.3 Å². The highest BCUT2D eigenvalue weighted by Gasteiger charge is 2.10. The zero-order valence-electron chi connectivity index (χ0n) is 10.6. The van der Waals surface area contributed by atoms with Crippen LogP contribution in [-0.4, -0.2) is 5.91 Å². The van der Waals surface area contributed by atoms with Gasteiger partial charge in [0.05, 0.1) is 0 Å². The van der Waals surface area contributed by atoms with E-state index in [9.17, 15) is 4.79 Å². The number of nitrogens with two attached hydrogens (primary N) is 1. The van der Waals surface area contributed by atoms with Gasteiger partial charge in [0.1, 0.15) is 0 Å². The maximum Gasteiger partial charge on any atom is 0.227 e. The molecule has 3 nitrogen and oxygen atoms in total. The first-order chi connectivity index (χ1) is 7.54. The molecule has 0 heterocycles. The molecule has 0 saturated carbocycles. The number of amides is 1. The summed E-state index contributed by atoms with van der Waals surface area (Å²) in [5, 5.41) is 2.88. The molecule has 0 spiro atoms. The van der Waals surface area contributed by atoms with Gasteiger partial charge in [0.15, 0.2) is 0 Å². The van der Waals surface area contributed by atoms with Gasteiger partial charge < -0.3 is 11.1 Å². The van der Waals surface area contributed by atoms with E-state index in [2.05, 4.69) is 5.32 Å². The van der Waals surface area contributed by atoms with Crippen LogP contribution in [0, 0.1) is 5.92 Å². The van der Waals surface area contributed by atoms with E-state index in [1.54, 1.807) is 0 Å². The highest BCUT2D eigenvalue weighted by molar-refractivity contribution is 5.92. The quantitative estimate of drug-likeness (QED) is 0.870. The van der Waals surface area contributed by atoms with Gasteiger partial charge in [0.2, 0.25) is 5.91 Å². The summed E-state index contributed by atoms with van der Waals surface area (Å²) in [7, 11) is 0. The minimum absolute atomic E-state index is 0. The molecule has 0 aliphatic heterocycles. The molecular weight excluding hydrogens is 236 g/mol. The number of hydrogen-bond donors (Lipinski definition) is 2. The highest BCUT2D eigenvalue weighted by atomic mass is 35.5. The van der Waals surface area contributed by atoms with Gasteiger partial charge in [-0.1, -0.05) is 26.0 Å². The Labute approximate surface area is 109 Å². The average Bonchev–Trinajstić information content (AvgIpc) is 2.28. The summed E-state index contributed by atoms with van der Waals surface area (Å²) in [5.41, 5.74) is 7.65. The van der Waals surface area contributed by atoms with Gasteiger partial charge in [-0.3, -0.25) is 4.79 Å². The predicted molar refractivity (Wildman–Crippen MR) is 74.4 cm³/mol. The summed E-state index contributed by atoms with van der Waals surface area (Å²) in [6, 6.07) is 7.69. The molecule has 2 atom stereocenters. The predicted octanol–water partition coefficient (Wildman–Crippen LogP) is 3.11. The number of hydrogen-bond acceptors (Lipinski definition) is 2. The molecule has 0 aromatic heterocycles. The number of benzene rings is 1. The molecule has 17 heavy (non-hydrogen) atoms. The van der Waals surface area contributed by atoms with Gasteiger partial charge in [-0.05, 0) is 31.0 Å². The van der Waals surface area contributed by atoms with Gasteiger partial charge >= 0.3 is 0 Å². The maximum absolute atomic E-state index is 11.6. The van der Waals surface area contributed by atoms with Gasteiger partial charge in [-0.2, -0.15) is 0 Å². The molecule has 1 aromatic carbocycles. The van der Waals surface area contributed by atoms with E-state index < -0.39 is 0 Å². The normalized spacial score (nSPS) is 13.4. The summed E-state index contributed by atoms with van der Waals surface area (Å²) in [6.45, 7) is 5.86. The van der Waals surface area contributed by atoms with Crippen LogP contribution >= 0.6 is 12.4 Å². The Morgan fingerprint density at radius 2 is 1.82 bits per heavy atom. The van der Waals surface area contributed by atoms with Crippen molar-refractivity contribution >= 4 is 24.0 Å². The fraction of sp³-hybridized carbons (Fsp3) is 0.462. The molecule has 2 unspecified atom stereocenters. The van der Waals surface area contributed by atoms with E-state index in [1.807, 2.05) is 45.0 Å². The standard InChI is InChI=1S/C13H20N2O.ClH/c1-4-9(2)13(16)15-12-7-5-11(6-8-12)10(3)14;/h5-10H,4,14H2,1-3H3,(H,15,16);1H. The van der Waals surface area contributed by atoms with Crippen molar-refractivity contribution in [2.45, 2.75) is 33.2 Å². The van der Waals surface area contributed by atoms with Crippen LogP contribution in [0.1, 0.15) is 38.8 Å². The second kappa shape index (κ2) is 7.30. The smallest absolute Gasteiger partial charge is 0.227 e. The first kappa shape index (κ1) is 15.9. The van der Waals surface area contributed by atoms with Crippen molar-refractivity contribution in [2.75, 3.05) is 5.32 Å². The maximum atomic E-state index is 11.6. The summed E-state index contributed by atoms with van der Waals surface area (Å²) in [6.07, 6.45) is 0.851. The molecule has 0 aliphatic carbocycles. The summed E-state index contributed by atoms with van der Waals surface area (Å²) in [4.78, 5) is 11.6. The lowest BCUT2D eigenvalue weighted by atomic mass is 10.1. The van der Waals surface area contributed by atoms with Gasteiger partial charge in [-0.25, -0.2) is 0 Å². The van der Waals surface area contributed by atoms with E-state index >= 15 is 0 Å². The van der Waals surface area contributed by atoms with E-state index in [4.69, 9.17) is 5.73 Å². The summed E-state index contributed by atoms with van der Waals surface area (Å²) < 4.78 is 0. The van der Waals surface area contributed by atoms with Gasteiger partial charge in [0, 0.05) is 17.6 Å². The van der Waals surface area contributed by atoms with Crippen LogP contribution < -0.4 is 11.1 Å². The lowest BCUT2D eigenvalue weighted by molar-refractivity contribution is -0.119. The van der Waals surface area contributed by atoms with Gasteiger partial charge in [-0.15, -0.1) is 12.4 Å². The van der Waals surface area contributed by atoms with Crippen molar-refractivity contribution in [1.29, 1.82) is 0 Å². The molecule has 0 bridgehead atoms. The van der Waals surface area contributed by atoms with Gasteiger partial charge in [0.25, 0.3) is 0 Å². The molecule has 1 aromatic rings. The third kappa shape index (κ3) is 4.75. The van der Waals surface area contributed by atoms with Crippen molar-refractivity contribution in [3.8, 4) is 0 Å². The third-order valence-corrected chi connectivity index (χ3v) is 2.76. The van der Waals surface area contributed by atoms with Crippen molar-refractivity contribution in [3.05, 3.63) is 29.8 Å². The highest BCUT2D eigenvalue weighted by Crippen LogP contribution is 2.15. The first-order valence-electron chi connectivity index (χ1n) is 5.71. The van der Waals surface area contributed by atoms with Crippen LogP contribution in [0.4, 0.5) is 5.69 Å². The lowest BCUT2D eigenvalue weighted by Crippen LogP contribution is -2.19. The average molecular weight is 257 g/mol. The second-order valence-corrected chi connectivity index (χ2v) is 4.21. The molecule has 0 saturated heterocycles. The number of nitrogens with one attached hydrogen (secondary N) is 1. The molecule has 0 aliphatic rings. The zero-order valence-corrected chi connectivity index (χ0v) is 11.4. The molecular formula is C13H21ClN2O. The molecule has 3 N–H and O–H groups in total. The molecule has 1 amide bonds. The Morgan fingerprint density at radius 1 is 1.29 bits per heavy atom. The van der Waals surface area contributed by atoms with E-state index in [0.29, 0.717) is 0 Å². The first-order valence-corrected chi connectivity index (χ1v) is 5.71. The minimum Gasteiger partial charge on any atom is -0.326 e. The largest absolute Gasteiger partial charge is 0.326 e. The fourth-order valence-corrected chi connectivity index (χ4v) is 1.32. The summed E-state index contributed by atoms with van der Waals surface area (Å²) >= 11 is 0. The van der Waals surface area contributed by atoms with Crippen molar-refractivity contribution in [2.24, 2.45) is 11.7 Å². The molecule has 4 heteroatoms. The van der Waals surface area contributed by atoms with Crippen molar-refractivity contribution < 1.29 is 4.79 Å². The Bertz CT molecular complexity index is 349. The number of anilines is 1. The number of halogens is 1. The van der Waals surface area contributed by atoms with E-state index in [-0.39, 0.29) is 30.3 Å². The molecule has 0 radical (unpaired) electrons. The molecule has 0 fully saturated rings. The SMILES string of the molecule is CCC(C)C(=O)Nc1ccc(C(C)N)cc1.Cl. The Balaban J connectivity index is 0.00000256. The van der Waals surface area contributed by atoms with Crippen LogP contribution in [-0.2, 0) is 4.79 Å². The Morgan fingerprint density at radius 3 is 2.24 bits per heavy atom. The Hall–Kier alpha value is -1.06. The zero-order chi connectivity index (χ0) is 12.1.